The monoisotopic (exact) mass is 216 g/mol. The van der Waals surface area contributed by atoms with E-state index in [0.29, 0.717) is 12.1 Å². The van der Waals surface area contributed by atoms with E-state index in [1.807, 2.05) is 24.3 Å². The van der Waals surface area contributed by atoms with Crippen LogP contribution < -0.4 is 0 Å². The van der Waals surface area contributed by atoms with Crippen molar-refractivity contribution < 1.29 is 9.90 Å². The third-order valence-corrected chi connectivity index (χ3v) is 2.44. The maximum Gasteiger partial charge on any atom is 0.306 e. The van der Waals surface area contributed by atoms with Crippen LogP contribution in [0, 0.1) is 5.92 Å². The lowest BCUT2D eigenvalue weighted by atomic mass is 10.1. The number of hydrogen-bond donors (Lipinski definition) is 1. The van der Waals surface area contributed by atoms with Crippen LogP contribution in [-0.2, 0) is 11.2 Å². The molecule has 0 aliphatic heterocycles. The van der Waals surface area contributed by atoms with E-state index < -0.39 is 11.9 Å². The summed E-state index contributed by atoms with van der Waals surface area (Å²) in [5, 5.41) is 8.81. The highest BCUT2D eigenvalue weighted by molar-refractivity contribution is 5.74. The van der Waals surface area contributed by atoms with Gasteiger partial charge in [-0.25, -0.2) is 4.98 Å². The molecule has 0 saturated carbocycles. The van der Waals surface area contributed by atoms with Crippen LogP contribution in [0.15, 0.2) is 30.5 Å². The van der Waals surface area contributed by atoms with Gasteiger partial charge in [0.25, 0.3) is 0 Å². The van der Waals surface area contributed by atoms with E-state index in [1.165, 1.54) is 0 Å². The minimum atomic E-state index is -0.810. The third-order valence-electron chi connectivity index (χ3n) is 2.44. The fraction of sp³-hybridized carbons (Fsp3) is 0.250. The molecule has 1 aromatic heterocycles. The van der Waals surface area contributed by atoms with Gasteiger partial charge in [-0.1, -0.05) is 19.1 Å². The molecule has 2 aromatic rings. The van der Waals surface area contributed by atoms with Crippen molar-refractivity contribution in [1.82, 2.24) is 9.97 Å². The molecule has 0 saturated heterocycles. The van der Waals surface area contributed by atoms with Crippen LogP contribution in [-0.4, -0.2) is 21.0 Å². The first-order valence-corrected chi connectivity index (χ1v) is 5.10. The number of para-hydroxylation sites is 2. The second-order valence-corrected chi connectivity index (χ2v) is 3.79. The molecule has 0 aliphatic rings. The summed E-state index contributed by atoms with van der Waals surface area (Å²) in [5.74, 6) is -1.24. The molecule has 0 radical (unpaired) electrons. The van der Waals surface area contributed by atoms with Gasteiger partial charge in [0, 0.05) is 12.6 Å². The van der Waals surface area contributed by atoms with Crippen molar-refractivity contribution in [2.45, 2.75) is 13.3 Å². The van der Waals surface area contributed by atoms with E-state index in [0.717, 1.165) is 11.0 Å². The maximum atomic E-state index is 10.7. The average molecular weight is 216 g/mol. The number of aliphatic carboxylic acids is 1. The van der Waals surface area contributed by atoms with Gasteiger partial charge in [0.05, 0.1) is 22.6 Å². The molecule has 1 N–H and O–H groups in total. The predicted octanol–water partition coefficient (Wildman–Crippen LogP) is 1.89. The van der Waals surface area contributed by atoms with Crippen molar-refractivity contribution in [2.24, 2.45) is 5.92 Å². The van der Waals surface area contributed by atoms with Crippen LogP contribution in [0.2, 0.25) is 0 Å². The first-order chi connectivity index (χ1) is 7.66. The molecule has 0 amide bonds. The van der Waals surface area contributed by atoms with E-state index in [2.05, 4.69) is 9.97 Å². The van der Waals surface area contributed by atoms with Gasteiger partial charge < -0.3 is 5.11 Å². The van der Waals surface area contributed by atoms with Crippen molar-refractivity contribution >= 4 is 17.0 Å². The minimum Gasteiger partial charge on any atom is -0.481 e. The zero-order valence-corrected chi connectivity index (χ0v) is 8.92. The lowest BCUT2D eigenvalue weighted by molar-refractivity contribution is -0.141. The Labute approximate surface area is 93.0 Å². The molecular formula is C12H12N2O2. The van der Waals surface area contributed by atoms with Crippen LogP contribution in [0.4, 0.5) is 0 Å². The summed E-state index contributed by atoms with van der Waals surface area (Å²) in [6, 6.07) is 7.54. The second-order valence-electron chi connectivity index (χ2n) is 3.79. The highest BCUT2D eigenvalue weighted by Gasteiger charge is 2.12. The lowest BCUT2D eigenvalue weighted by Gasteiger charge is -2.05. The molecule has 1 unspecified atom stereocenters. The summed E-state index contributed by atoms with van der Waals surface area (Å²) in [6.45, 7) is 1.67. The molecule has 0 fully saturated rings. The largest absolute Gasteiger partial charge is 0.481 e. The van der Waals surface area contributed by atoms with Gasteiger partial charge in [0.1, 0.15) is 0 Å². The average Bonchev–Trinajstić information content (AvgIpc) is 2.28. The Kier molecular flexibility index (Phi) is 2.81. The Morgan fingerprint density at radius 3 is 2.75 bits per heavy atom. The lowest BCUT2D eigenvalue weighted by Crippen LogP contribution is -2.13. The topological polar surface area (TPSA) is 63.1 Å². The fourth-order valence-electron chi connectivity index (χ4n) is 1.49. The number of nitrogens with zero attached hydrogens (tertiary/aromatic N) is 2. The van der Waals surface area contributed by atoms with Crippen molar-refractivity contribution in [3.05, 3.63) is 36.2 Å². The molecule has 1 aromatic carbocycles. The number of aromatic nitrogens is 2. The van der Waals surface area contributed by atoms with Gasteiger partial charge >= 0.3 is 5.97 Å². The number of carbonyl (C=O) groups is 1. The summed E-state index contributed by atoms with van der Waals surface area (Å²) in [5.41, 5.74) is 2.35. The number of hydrogen-bond acceptors (Lipinski definition) is 3. The summed E-state index contributed by atoms with van der Waals surface area (Å²) >= 11 is 0. The van der Waals surface area contributed by atoms with Crippen LogP contribution in [0.25, 0.3) is 11.0 Å². The molecule has 4 nitrogen and oxygen atoms in total. The van der Waals surface area contributed by atoms with E-state index in [1.54, 1.807) is 13.1 Å². The third kappa shape index (κ3) is 2.16. The maximum absolute atomic E-state index is 10.7. The number of carboxylic acids is 1. The summed E-state index contributed by atoms with van der Waals surface area (Å²) in [7, 11) is 0. The Morgan fingerprint density at radius 2 is 2.06 bits per heavy atom. The molecule has 82 valence electrons. The van der Waals surface area contributed by atoms with Crippen molar-refractivity contribution in [2.75, 3.05) is 0 Å². The van der Waals surface area contributed by atoms with Crippen molar-refractivity contribution in [3.63, 3.8) is 0 Å². The quantitative estimate of drug-likeness (QED) is 0.851. The summed E-state index contributed by atoms with van der Waals surface area (Å²) in [4.78, 5) is 19.3. The van der Waals surface area contributed by atoms with Gasteiger partial charge in [-0.05, 0) is 12.1 Å². The minimum absolute atomic E-state index is 0.410. The second kappa shape index (κ2) is 4.26. The Hall–Kier alpha value is -1.97. The van der Waals surface area contributed by atoms with Gasteiger partial charge in [-0.2, -0.15) is 0 Å². The smallest absolute Gasteiger partial charge is 0.306 e. The molecule has 16 heavy (non-hydrogen) atoms. The molecular weight excluding hydrogens is 204 g/mol. The van der Waals surface area contributed by atoms with E-state index in [4.69, 9.17) is 5.11 Å². The van der Waals surface area contributed by atoms with Crippen molar-refractivity contribution in [3.8, 4) is 0 Å². The first-order valence-electron chi connectivity index (χ1n) is 5.10. The highest BCUT2D eigenvalue weighted by Crippen LogP contribution is 2.11. The van der Waals surface area contributed by atoms with Gasteiger partial charge in [0.2, 0.25) is 0 Å². The zero-order valence-electron chi connectivity index (χ0n) is 8.92. The van der Waals surface area contributed by atoms with Gasteiger partial charge in [0.15, 0.2) is 0 Å². The molecule has 1 atom stereocenters. The standard InChI is InChI=1S/C12H12N2O2/c1-8(12(15)16)6-9-7-13-10-4-2-3-5-11(10)14-9/h2-5,7-8H,6H2,1H3,(H,15,16). The number of fused-ring (bicyclic) bond motifs is 1. The van der Waals surface area contributed by atoms with Gasteiger partial charge in [-0.3, -0.25) is 9.78 Å². The number of rotatable bonds is 3. The highest BCUT2D eigenvalue weighted by atomic mass is 16.4. The normalized spacial score (nSPS) is 12.6. The number of benzene rings is 1. The Bertz CT molecular complexity index is 525. The first kappa shape index (κ1) is 10.5. The van der Waals surface area contributed by atoms with E-state index in [9.17, 15) is 4.79 Å². The van der Waals surface area contributed by atoms with Crippen LogP contribution >= 0.6 is 0 Å². The van der Waals surface area contributed by atoms with Gasteiger partial charge in [-0.15, -0.1) is 0 Å². The summed E-state index contributed by atoms with van der Waals surface area (Å²) in [6.07, 6.45) is 2.05. The van der Waals surface area contributed by atoms with Crippen LogP contribution in [0.3, 0.4) is 0 Å². The molecule has 4 heteroatoms. The molecule has 0 bridgehead atoms. The van der Waals surface area contributed by atoms with Crippen molar-refractivity contribution in [1.29, 1.82) is 0 Å². The van der Waals surface area contributed by atoms with Crippen LogP contribution in [0.1, 0.15) is 12.6 Å². The Balaban J connectivity index is 2.29. The Morgan fingerprint density at radius 1 is 1.38 bits per heavy atom. The molecule has 1 heterocycles. The van der Waals surface area contributed by atoms with E-state index in [-0.39, 0.29) is 0 Å². The predicted molar refractivity (Wildman–Crippen MR) is 60.0 cm³/mol. The zero-order chi connectivity index (χ0) is 11.5. The molecule has 0 aliphatic carbocycles. The fourth-order valence-corrected chi connectivity index (χ4v) is 1.49. The SMILES string of the molecule is CC(Cc1cnc2ccccc2n1)C(=O)O. The van der Waals surface area contributed by atoms with Crippen LogP contribution in [0.5, 0.6) is 0 Å². The molecule has 2 rings (SSSR count). The number of carboxylic acid groups (broad SMARTS) is 1. The molecule has 0 spiro atoms. The summed E-state index contributed by atoms with van der Waals surface area (Å²) < 4.78 is 0. The van der Waals surface area contributed by atoms with E-state index >= 15 is 0 Å².